The third kappa shape index (κ3) is 2.34. The molecule has 0 saturated heterocycles. The number of hydrogen-bond acceptors (Lipinski definition) is 5. The molecule has 0 spiro atoms. The quantitative estimate of drug-likeness (QED) is 0.420. The molecule has 0 aromatic heterocycles. The average Bonchev–Trinajstić information content (AvgIpc) is 1.86. The van der Waals surface area contributed by atoms with E-state index >= 15 is 0 Å². The van der Waals surface area contributed by atoms with Gasteiger partial charge in [-0.05, 0) is 6.92 Å². The maximum Gasteiger partial charge on any atom is 0.296 e. The minimum absolute atomic E-state index is 0.124. The van der Waals surface area contributed by atoms with Crippen molar-refractivity contribution in [1.82, 2.24) is 0 Å². The van der Waals surface area contributed by atoms with Crippen molar-refractivity contribution in [3.05, 3.63) is 11.1 Å². The normalized spacial score (nSPS) is 13.6. The fourth-order valence-corrected chi connectivity index (χ4v) is 0.737. The van der Waals surface area contributed by atoms with Crippen LogP contribution in [0.15, 0.2) is 11.1 Å². The van der Waals surface area contributed by atoms with E-state index in [1.165, 1.54) is 6.92 Å². The molecule has 0 rings (SSSR count). The van der Waals surface area contributed by atoms with Crippen molar-refractivity contribution >= 4 is 10.1 Å². The van der Waals surface area contributed by atoms with Crippen LogP contribution in [0.5, 0.6) is 0 Å². The van der Waals surface area contributed by atoms with Gasteiger partial charge < -0.3 is 10.8 Å². The van der Waals surface area contributed by atoms with Crippen molar-refractivity contribution in [3.63, 3.8) is 0 Å². The minimum Gasteiger partial charge on any atom is -0.404 e. The molecule has 0 atom stereocenters. The van der Waals surface area contributed by atoms with Crippen LogP contribution in [-0.2, 0) is 14.3 Å². The van der Waals surface area contributed by atoms with Crippen LogP contribution in [0.25, 0.3) is 0 Å². The van der Waals surface area contributed by atoms with E-state index in [-0.39, 0.29) is 4.91 Å². The zero-order valence-corrected chi connectivity index (χ0v) is 6.26. The molecule has 0 saturated carbocycles. The van der Waals surface area contributed by atoms with Crippen molar-refractivity contribution in [2.24, 2.45) is 5.73 Å². The van der Waals surface area contributed by atoms with Crippen LogP contribution in [0.1, 0.15) is 6.92 Å². The summed E-state index contributed by atoms with van der Waals surface area (Å²) < 4.78 is 25.2. The SMILES string of the molecule is CC(=CN)S(=O)(=O)OCO. The molecule has 0 aromatic carbocycles. The Balaban J connectivity index is 4.43. The molecular formula is C4H9NO4S. The molecule has 0 unspecified atom stereocenters. The molecule has 0 bridgehead atoms. The smallest absolute Gasteiger partial charge is 0.296 e. The second-order valence-electron chi connectivity index (χ2n) is 1.48. The molecule has 10 heavy (non-hydrogen) atoms. The summed E-state index contributed by atoms with van der Waals surface area (Å²) in [5.41, 5.74) is 4.89. The number of rotatable bonds is 3. The molecule has 6 heteroatoms. The number of hydrogen-bond donors (Lipinski definition) is 2. The zero-order chi connectivity index (χ0) is 8.20. The Kier molecular flexibility index (Phi) is 3.34. The van der Waals surface area contributed by atoms with Crippen LogP contribution in [-0.4, -0.2) is 20.3 Å². The molecule has 0 heterocycles. The first-order chi connectivity index (χ1) is 4.54. The maximum atomic E-state index is 10.6. The Bertz CT molecular complexity index is 217. The Hall–Kier alpha value is -0.590. The molecule has 0 aliphatic rings. The van der Waals surface area contributed by atoms with Crippen LogP contribution in [0.4, 0.5) is 0 Å². The first-order valence-electron chi connectivity index (χ1n) is 2.43. The summed E-state index contributed by atoms with van der Waals surface area (Å²) in [4.78, 5) is -0.124. The van der Waals surface area contributed by atoms with E-state index < -0.39 is 16.9 Å². The maximum absolute atomic E-state index is 10.6. The summed E-state index contributed by atoms with van der Waals surface area (Å²) in [7, 11) is -3.77. The van der Waals surface area contributed by atoms with Gasteiger partial charge in [0, 0.05) is 6.20 Å². The third-order valence-corrected chi connectivity index (χ3v) is 2.18. The summed E-state index contributed by atoms with van der Waals surface area (Å²) in [5.74, 6) is 0. The first-order valence-corrected chi connectivity index (χ1v) is 3.84. The van der Waals surface area contributed by atoms with Gasteiger partial charge in [-0.15, -0.1) is 0 Å². The van der Waals surface area contributed by atoms with E-state index in [2.05, 4.69) is 4.18 Å². The molecule has 0 fully saturated rings. The van der Waals surface area contributed by atoms with E-state index in [1.807, 2.05) is 0 Å². The lowest BCUT2D eigenvalue weighted by molar-refractivity contribution is 0.106. The largest absolute Gasteiger partial charge is 0.404 e. The Labute approximate surface area is 59.2 Å². The van der Waals surface area contributed by atoms with E-state index in [0.29, 0.717) is 0 Å². The van der Waals surface area contributed by atoms with E-state index in [9.17, 15) is 8.42 Å². The lowest BCUT2D eigenvalue weighted by Gasteiger charge is -1.99. The summed E-state index contributed by atoms with van der Waals surface area (Å²) in [6.45, 7) is 0.401. The highest BCUT2D eigenvalue weighted by atomic mass is 32.2. The van der Waals surface area contributed by atoms with Crippen molar-refractivity contribution in [1.29, 1.82) is 0 Å². The van der Waals surface area contributed by atoms with Gasteiger partial charge in [0.15, 0.2) is 6.79 Å². The van der Waals surface area contributed by atoms with Crippen molar-refractivity contribution in [3.8, 4) is 0 Å². The lowest BCUT2D eigenvalue weighted by Crippen LogP contribution is -2.08. The second kappa shape index (κ2) is 3.55. The van der Waals surface area contributed by atoms with Crippen molar-refractivity contribution in [2.45, 2.75) is 6.92 Å². The summed E-state index contributed by atoms with van der Waals surface area (Å²) in [6.07, 6.45) is 0.894. The van der Waals surface area contributed by atoms with Crippen molar-refractivity contribution in [2.75, 3.05) is 6.79 Å². The predicted octanol–water partition coefficient (Wildman–Crippen LogP) is -0.897. The van der Waals surface area contributed by atoms with Gasteiger partial charge in [0.2, 0.25) is 0 Å². The number of allylic oxidation sites excluding steroid dienone is 1. The summed E-state index contributed by atoms with van der Waals surface area (Å²) in [5, 5.41) is 8.08. The van der Waals surface area contributed by atoms with Gasteiger partial charge in [-0.2, -0.15) is 8.42 Å². The van der Waals surface area contributed by atoms with Gasteiger partial charge in [0.05, 0.1) is 4.91 Å². The van der Waals surface area contributed by atoms with Gasteiger partial charge in [-0.1, -0.05) is 0 Å². The molecule has 60 valence electrons. The summed E-state index contributed by atoms with van der Waals surface area (Å²) in [6, 6.07) is 0. The van der Waals surface area contributed by atoms with E-state index in [0.717, 1.165) is 6.20 Å². The van der Waals surface area contributed by atoms with Crippen LogP contribution in [0.2, 0.25) is 0 Å². The van der Waals surface area contributed by atoms with Gasteiger partial charge in [-0.3, -0.25) is 0 Å². The fraction of sp³-hybridized carbons (Fsp3) is 0.500. The van der Waals surface area contributed by atoms with Gasteiger partial charge in [0.1, 0.15) is 0 Å². The van der Waals surface area contributed by atoms with Gasteiger partial charge in [0.25, 0.3) is 10.1 Å². The molecular weight excluding hydrogens is 158 g/mol. The first kappa shape index (κ1) is 9.41. The molecule has 0 aliphatic heterocycles. The number of aliphatic hydroxyl groups excluding tert-OH is 1. The Morgan fingerprint density at radius 2 is 2.30 bits per heavy atom. The highest BCUT2D eigenvalue weighted by Crippen LogP contribution is 2.04. The van der Waals surface area contributed by atoms with E-state index in [1.54, 1.807) is 0 Å². The monoisotopic (exact) mass is 167 g/mol. The van der Waals surface area contributed by atoms with Crippen LogP contribution >= 0.6 is 0 Å². The number of nitrogens with two attached hydrogens (primary N) is 1. The molecule has 5 nitrogen and oxygen atoms in total. The van der Waals surface area contributed by atoms with Crippen LogP contribution in [0.3, 0.4) is 0 Å². The van der Waals surface area contributed by atoms with Gasteiger partial charge >= 0.3 is 0 Å². The average molecular weight is 167 g/mol. The molecule has 0 aliphatic carbocycles. The molecule has 0 amide bonds. The van der Waals surface area contributed by atoms with Crippen LogP contribution in [0, 0.1) is 0 Å². The predicted molar refractivity (Wildman–Crippen MR) is 35.0 cm³/mol. The van der Waals surface area contributed by atoms with Crippen LogP contribution < -0.4 is 5.73 Å². The fourth-order valence-electron chi connectivity index (χ4n) is 0.246. The highest BCUT2D eigenvalue weighted by molar-refractivity contribution is 7.90. The van der Waals surface area contributed by atoms with E-state index in [4.69, 9.17) is 10.8 Å². The highest BCUT2D eigenvalue weighted by Gasteiger charge is 2.11. The molecule has 3 N–H and O–H groups in total. The minimum atomic E-state index is -3.77. The molecule has 0 aromatic rings. The lowest BCUT2D eigenvalue weighted by atomic mass is 10.7. The zero-order valence-electron chi connectivity index (χ0n) is 5.44. The van der Waals surface area contributed by atoms with Crippen molar-refractivity contribution < 1.29 is 17.7 Å². The van der Waals surface area contributed by atoms with Gasteiger partial charge in [-0.25, -0.2) is 4.18 Å². The second-order valence-corrected chi connectivity index (χ2v) is 3.27. The number of aliphatic hydroxyl groups is 1. The standard InChI is InChI=1S/C4H9NO4S/c1-4(2-5)10(7,8)9-3-6/h2,6H,3,5H2,1H3. The summed E-state index contributed by atoms with van der Waals surface area (Å²) >= 11 is 0. The topological polar surface area (TPSA) is 89.6 Å². The third-order valence-electron chi connectivity index (χ3n) is 0.837. The Morgan fingerprint density at radius 3 is 2.60 bits per heavy atom. The molecule has 0 radical (unpaired) electrons. The Morgan fingerprint density at radius 1 is 1.80 bits per heavy atom.